The van der Waals surface area contributed by atoms with Gasteiger partial charge in [0.15, 0.2) is 5.78 Å². The van der Waals surface area contributed by atoms with Gasteiger partial charge in [0, 0.05) is 17.7 Å². The van der Waals surface area contributed by atoms with Gasteiger partial charge in [0.2, 0.25) is 0 Å². The van der Waals surface area contributed by atoms with Gasteiger partial charge >= 0.3 is 0 Å². The topological polar surface area (TPSA) is 54.0 Å². The van der Waals surface area contributed by atoms with Gasteiger partial charge in [-0.2, -0.15) is 0 Å². The van der Waals surface area contributed by atoms with Crippen LogP contribution in [0.2, 0.25) is 0 Å². The van der Waals surface area contributed by atoms with Crippen LogP contribution < -0.4 is 18.9 Å². The van der Waals surface area contributed by atoms with Gasteiger partial charge < -0.3 is 18.9 Å². The number of carbonyl (C=O) groups is 1. The molecule has 4 rings (SSSR count). The maximum absolute atomic E-state index is 13.1. The van der Waals surface area contributed by atoms with Gasteiger partial charge in [-0.25, -0.2) is 0 Å². The third-order valence-electron chi connectivity index (χ3n) is 5.71. The third-order valence-corrected chi connectivity index (χ3v) is 5.71. The van der Waals surface area contributed by atoms with Crippen LogP contribution in [-0.4, -0.2) is 19.0 Å². The Morgan fingerprint density at radius 2 is 1.21 bits per heavy atom. The number of ketones is 1. The smallest absolute Gasteiger partial charge is 0.189 e. The number of hydrogen-bond acceptors (Lipinski definition) is 5. The number of allylic oxidation sites excluding steroid dienone is 1. The van der Waals surface area contributed by atoms with E-state index in [1.54, 1.807) is 24.3 Å². The summed E-state index contributed by atoms with van der Waals surface area (Å²) in [5, 5.41) is 0. The maximum atomic E-state index is 13.1. The van der Waals surface area contributed by atoms with E-state index in [9.17, 15) is 4.79 Å². The van der Waals surface area contributed by atoms with Crippen molar-refractivity contribution in [3.8, 4) is 23.0 Å². The van der Waals surface area contributed by atoms with E-state index in [2.05, 4.69) is 0 Å². The first-order chi connectivity index (χ1) is 18.7. The molecule has 0 saturated carbocycles. The molecule has 0 amide bonds. The second-order valence-corrected chi connectivity index (χ2v) is 8.47. The lowest BCUT2D eigenvalue weighted by Crippen LogP contribution is -2.03. The van der Waals surface area contributed by atoms with Gasteiger partial charge in [-0.05, 0) is 61.4 Å². The fraction of sp³-hybridized carbons (Fsp3) is 0.182. The molecule has 0 aliphatic heterocycles. The molecule has 0 N–H and O–H groups in total. The molecule has 38 heavy (non-hydrogen) atoms. The highest BCUT2D eigenvalue weighted by Crippen LogP contribution is 2.29. The lowest BCUT2D eigenvalue weighted by Gasteiger charge is -2.13. The third kappa shape index (κ3) is 7.50. The monoisotopic (exact) mass is 508 g/mol. The molecule has 5 nitrogen and oxygen atoms in total. The minimum atomic E-state index is -0.171. The first-order valence-electron chi connectivity index (χ1n) is 12.8. The number of hydrogen-bond donors (Lipinski definition) is 0. The summed E-state index contributed by atoms with van der Waals surface area (Å²) in [7, 11) is 0. The Morgan fingerprint density at radius 1 is 0.632 bits per heavy atom. The molecule has 0 atom stereocenters. The van der Waals surface area contributed by atoms with Gasteiger partial charge in [0.05, 0.1) is 18.8 Å². The molecule has 0 radical (unpaired) electrons. The lowest BCUT2D eigenvalue weighted by atomic mass is 10.1. The van der Waals surface area contributed by atoms with Crippen LogP contribution in [0.15, 0.2) is 103 Å². The second-order valence-electron chi connectivity index (χ2n) is 8.47. The average molecular weight is 509 g/mol. The maximum Gasteiger partial charge on any atom is 0.189 e. The highest BCUT2D eigenvalue weighted by atomic mass is 16.5. The van der Waals surface area contributed by atoms with E-state index in [0.29, 0.717) is 55.0 Å². The molecule has 0 unspecified atom stereocenters. The summed E-state index contributed by atoms with van der Waals surface area (Å²) in [5.41, 5.74) is 3.37. The molecule has 0 aliphatic rings. The van der Waals surface area contributed by atoms with Crippen molar-refractivity contribution in [2.75, 3.05) is 13.2 Å². The summed E-state index contributed by atoms with van der Waals surface area (Å²) in [4.78, 5) is 13.1. The van der Waals surface area contributed by atoms with Gasteiger partial charge in [-0.15, -0.1) is 0 Å². The van der Waals surface area contributed by atoms with Gasteiger partial charge in [-0.3, -0.25) is 4.79 Å². The predicted molar refractivity (Wildman–Crippen MR) is 150 cm³/mol. The van der Waals surface area contributed by atoms with Crippen LogP contribution in [0.25, 0.3) is 6.08 Å². The molecule has 0 heterocycles. The molecule has 0 fully saturated rings. The van der Waals surface area contributed by atoms with Crippen LogP contribution in [-0.2, 0) is 13.2 Å². The molecule has 4 aromatic carbocycles. The van der Waals surface area contributed by atoms with Gasteiger partial charge in [0.25, 0.3) is 0 Å². The van der Waals surface area contributed by atoms with E-state index in [4.69, 9.17) is 18.9 Å². The molecule has 5 heteroatoms. The number of rotatable bonds is 13. The van der Waals surface area contributed by atoms with E-state index in [1.807, 2.05) is 92.7 Å². The molecule has 194 valence electrons. The molecule has 0 aromatic heterocycles. The summed E-state index contributed by atoms with van der Waals surface area (Å²) < 4.78 is 23.5. The molecule has 4 aromatic rings. The van der Waals surface area contributed by atoms with Gasteiger partial charge in [-0.1, -0.05) is 60.7 Å². The Morgan fingerprint density at radius 3 is 1.87 bits per heavy atom. The highest BCUT2D eigenvalue weighted by Gasteiger charge is 2.13. The molecule has 0 aliphatic carbocycles. The second kappa shape index (κ2) is 13.7. The summed E-state index contributed by atoms with van der Waals surface area (Å²) in [6.45, 7) is 5.62. The first-order valence-corrected chi connectivity index (χ1v) is 12.8. The zero-order valence-corrected chi connectivity index (χ0v) is 21.8. The van der Waals surface area contributed by atoms with Crippen LogP contribution >= 0.6 is 0 Å². The zero-order valence-electron chi connectivity index (χ0n) is 21.8. The summed E-state index contributed by atoms with van der Waals surface area (Å²) >= 11 is 0. The van der Waals surface area contributed by atoms with Crippen molar-refractivity contribution < 1.29 is 23.7 Å². The van der Waals surface area contributed by atoms with E-state index in [1.165, 1.54) is 6.08 Å². The van der Waals surface area contributed by atoms with E-state index in [0.717, 1.165) is 16.7 Å². The average Bonchev–Trinajstić information content (AvgIpc) is 2.96. The summed E-state index contributed by atoms with van der Waals surface area (Å²) in [5.74, 6) is 2.30. The fourth-order valence-corrected chi connectivity index (χ4v) is 3.84. The van der Waals surface area contributed by atoms with E-state index >= 15 is 0 Å². The Balaban J connectivity index is 1.55. The minimum absolute atomic E-state index is 0.171. The van der Waals surface area contributed by atoms with E-state index in [-0.39, 0.29) is 5.78 Å². The number of ether oxygens (including phenoxy) is 4. The minimum Gasteiger partial charge on any atom is -0.494 e. The standard InChI is InChI=1S/C33H32O5/c1-3-35-28-18-19-30(33(22-28)36-4-2)31(34)20-16-27-15-17-29(37-23-25-11-7-5-8-12-25)21-32(27)38-24-26-13-9-6-10-14-26/h5-22H,3-4,23-24H2,1-2H3. The Labute approximate surface area is 224 Å². The van der Waals surface area contributed by atoms with E-state index < -0.39 is 0 Å². The molecule has 0 spiro atoms. The van der Waals surface area contributed by atoms with Crippen molar-refractivity contribution in [3.05, 3.63) is 125 Å². The van der Waals surface area contributed by atoms with Crippen molar-refractivity contribution in [3.63, 3.8) is 0 Å². The predicted octanol–water partition coefficient (Wildman–Crippen LogP) is 7.54. The first kappa shape index (κ1) is 26.6. The van der Waals surface area contributed by atoms with Crippen LogP contribution in [0.5, 0.6) is 23.0 Å². The molecular formula is C33H32O5. The summed E-state index contributed by atoms with van der Waals surface area (Å²) in [6.07, 6.45) is 3.29. The van der Waals surface area contributed by atoms with Crippen molar-refractivity contribution in [1.29, 1.82) is 0 Å². The molecule has 0 bridgehead atoms. The SMILES string of the molecule is CCOc1ccc(C(=O)C=Cc2ccc(OCc3ccccc3)cc2OCc2ccccc2)c(OCC)c1. The molecular weight excluding hydrogens is 476 g/mol. The van der Waals surface area contributed by atoms with Crippen LogP contribution in [0.1, 0.15) is 40.9 Å². The van der Waals surface area contributed by atoms with Crippen molar-refractivity contribution in [2.24, 2.45) is 0 Å². The fourth-order valence-electron chi connectivity index (χ4n) is 3.84. The highest BCUT2D eigenvalue weighted by molar-refractivity contribution is 6.08. The Hall–Kier alpha value is -4.51. The van der Waals surface area contributed by atoms with Crippen LogP contribution in [0.3, 0.4) is 0 Å². The normalized spacial score (nSPS) is 10.8. The van der Waals surface area contributed by atoms with Crippen LogP contribution in [0, 0.1) is 0 Å². The van der Waals surface area contributed by atoms with Crippen molar-refractivity contribution in [1.82, 2.24) is 0 Å². The van der Waals surface area contributed by atoms with Crippen molar-refractivity contribution in [2.45, 2.75) is 27.1 Å². The lowest BCUT2D eigenvalue weighted by molar-refractivity contribution is 0.104. The Kier molecular flexibility index (Phi) is 9.57. The number of benzene rings is 4. The number of carbonyl (C=O) groups excluding carboxylic acids is 1. The Bertz CT molecular complexity index is 1350. The van der Waals surface area contributed by atoms with Crippen molar-refractivity contribution >= 4 is 11.9 Å². The molecule has 0 saturated heterocycles. The van der Waals surface area contributed by atoms with Crippen LogP contribution in [0.4, 0.5) is 0 Å². The largest absolute Gasteiger partial charge is 0.494 e. The quantitative estimate of drug-likeness (QED) is 0.138. The van der Waals surface area contributed by atoms with Gasteiger partial charge in [0.1, 0.15) is 36.2 Å². The zero-order chi connectivity index (χ0) is 26.6. The summed E-state index contributed by atoms with van der Waals surface area (Å²) in [6, 6.07) is 30.8.